The minimum Gasteiger partial charge on any atom is -0.454 e. The van der Waals surface area contributed by atoms with Crippen LogP contribution in [0, 0.1) is 0 Å². The molecule has 0 bridgehead atoms. The van der Waals surface area contributed by atoms with Gasteiger partial charge in [0.1, 0.15) is 0 Å². The van der Waals surface area contributed by atoms with E-state index in [2.05, 4.69) is 44.1 Å². The van der Waals surface area contributed by atoms with Crippen LogP contribution in [0.2, 0.25) is 0 Å². The van der Waals surface area contributed by atoms with E-state index >= 15 is 0 Å². The first-order valence-electron chi connectivity index (χ1n) is 5.66. The molecular formula is C13H22N2O2. The van der Waals surface area contributed by atoms with Gasteiger partial charge in [-0.05, 0) is 32.8 Å². The third-order valence-corrected chi connectivity index (χ3v) is 2.46. The van der Waals surface area contributed by atoms with Crippen LogP contribution in [0.5, 0.6) is 0 Å². The van der Waals surface area contributed by atoms with Gasteiger partial charge < -0.3 is 19.3 Å². The van der Waals surface area contributed by atoms with Crippen molar-refractivity contribution in [2.24, 2.45) is 0 Å². The van der Waals surface area contributed by atoms with Gasteiger partial charge in [-0.1, -0.05) is 13.2 Å². The lowest BCUT2D eigenvalue weighted by atomic mass is 10.2. The van der Waals surface area contributed by atoms with Gasteiger partial charge in [-0.2, -0.15) is 0 Å². The van der Waals surface area contributed by atoms with Crippen LogP contribution in [0.25, 0.3) is 0 Å². The average Bonchev–Trinajstić information content (AvgIpc) is 2.61. The maximum atomic E-state index is 5.27. The highest BCUT2D eigenvalue weighted by molar-refractivity contribution is 5.29. The second-order valence-electron chi connectivity index (χ2n) is 4.54. The van der Waals surface area contributed by atoms with E-state index < -0.39 is 0 Å². The largest absolute Gasteiger partial charge is 0.454 e. The molecule has 1 fully saturated rings. The molecular weight excluding hydrogens is 216 g/mol. The molecule has 0 saturated carbocycles. The smallest absolute Gasteiger partial charge is 0.231 e. The van der Waals surface area contributed by atoms with Crippen molar-refractivity contribution in [1.82, 2.24) is 9.80 Å². The summed E-state index contributed by atoms with van der Waals surface area (Å²) in [5, 5.41) is 0. The molecule has 1 rings (SSSR count). The summed E-state index contributed by atoms with van der Waals surface area (Å²) in [6.07, 6.45) is 1.89. The molecule has 96 valence electrons. The van der Waals surface area contributed by atoms with Crippen molar-refractivity contribution in [1.29, 1.82) is 0 Å². The van der Waals surface area contributed by atoms with E-state index in [1.54, 1.807) is 0 Å². The molecule has 0 spiro atoms. The Labute approximate surface area is 104 Å². The first kappa shape index (κ1) is 13.8. The van der Waals surface area contributed by atoms with Crippen molar-refractivity contribution in [2.45, 2.75) is 0 Å². The molecule has 0 amide bonds. The average molecular weight is 238 g/mol. The number of hydrogen-bond donors (Lipinski definition) is 0. The Hall–Kier alpha value is -1.26. The Kier molecular flexibility index (Phi) is 5.25. The molecule has 4 heteroatoms. The van der Waals surface area contributed by atoms with Gasteiger partial charge in [-0.15, -0.1) is 0 Å². The third kappa shape index (κ3) is 5.06. The van der Waals surface area contributed by atoms with Crippen LogP contribution in [0.1, 0.15) is 0 Å². The Balaban J connectivity index is 2.36. The van der Waals surface area contributed by atoms with Gasteiger partial charge in [0.25, 0.3) is 0 Å². The lowest BCUT2D eigenvalue weighted by molar-refractivity contribution is 0.0979. The summed E-state index contributed by atoms with van der Waals surface area (Å²) in [6.45, 7) is 10.9. The summed E-state index contributed by atoms with van der Waals surface area (Å²) >= 11 is 0. The summed E-state index contributed by atoms with van der Waals surface area (Å²) in [5.74, 6) is 1.28. The van der Waals surface area contributed by atoms with Gasteiger partial charge in [-0.3, -0.25) is 0 Å². The number of rotatable bonds is 6. The van der Waals surface area contributed by atoms with E-state index in [-0.39, 0.29) is 6.79 Å². The van der Waals surface area contributed by atoms with E-state index in [4.69, 9.17) is 9.47 Å². The highest BCUT2D eigenvalue weighted by Crippen LogP contribution is 2.20. The van der Waals surface area contributed by atoms with Gasteiger partial charge in [0.05, 0.1) is 0 Å². The normalized spacial score (nSPS) is 17.7. The van der Waals surface area contributed by atoms with E-state index in [1.807, 2.05) is 6.08 Å². The monoisotopic (exact) mass is 238 g/mol. The Morgan fingerprint density at radius 3 is 2.53 bits per heavy atom. The molecule has 0 aromatic heterocycles. The van der Waals surface area contributed by atoms with Crippen LogP contribution in [-0.4, -0.2) is 57.4 Å². The lowest BCUT2D eigenvalue weighted by Crippen LogP contribution is -2.29. The maximum Gasteiger partial charge on any atom is 0.231 e. The molecule has 1 aliphatic rings. The van der Waals surface area contributed by atoms with Crippen molar-refractivity contribution >= 4 is 0 Å². The molecule has 1 heterocycles. The van der Waals surface area contributed by atoms with Crippen LogP contribution >= 0.6 is 0 Å². The van der Waals surface area contributed by atoms with Gasteiger partial charge >= 0.3 is 0 Å². The summed E-state index contributed by atoms with van der Waals surface area (Å²) in [5.41, 5.74) is 0.993. The molecule has 1 saturated heterocycles. The molecule has 1 aliphatic heterocycles. The topological polar surface area (TPSA) is 24.9 Å². The summed E-state index contributed by atoms with van der Waals surface area (Å²) in [7, 11) is 6.21. The third-order valence-electron chi connectivity index (χ3n) is 2.46. The summed E-state index contributed by atoms with van der Waals surface area (Å²) in [6, 6.07) is 0. The van der Waals surface area contributed by atoms with Crippen molar-refractivity contribution in [3.63, 3.8) is 0 Å². The first-order chi connectivity index (χ1) is 7.99. The fraction of sp³-hybridized carbons (Fsp3) is 0.538. The fourth-order valence-corrected chi connectivity index (χ4v) is 1.47. The predicted molar refractivity (Wildman–Crippen MR) is 69.5 cm³/mol. The van der Waals surface area contributed by atoms with E-state index in [0.717, 1.165) is 25.2 Å². The number of hydrogen-bond acceptors (Lipinski definition) is 4. The van der Waals surface area contributed by atoms with Crippen molar-refractivity contribution < 1.29 is 9.47 Å². The minimum absolute atomic E-state index is 0.258. The van der Waals surface area contributed by atoms with Crippen LogP contribution < -0.4 is 0 Å². The molecule has 0 atom stereocenters. The Bertz CT molecular complexity index is 321. The van der Waals surface area contributed by atoms with Gasteiger partial charge in [0.15, 0.2) is 11.5 Å². The van der Waals surface area contributed by atoms with E-state index in [1.165, 1.54) is 0 Å². The van der Waals surface area contributed by atoms with Gasteiger partial charge in [0.2, 0.25) is 6.79 Å². The molecule has 0 radical (unpaired) electrons. The van der Waals surface area contributed by atoms with Crippen molar-refractivity contribution in [3.8, 4) is 0 Å². The van der Waals surface area contributed by atoms with Crippen LogP contribution in [0.3, 0.4) is 0 Å². The first-order valence-corrected chi connectivity index (χ1v) is 5.66. The molecule has 0 aromatic carbocycles. The number of nitrogens with zero attached hydrogens (tertiary/aromatic N) is 2. The highest BCUT2D eigenvalue weighted by Gasteiger charge is 2.14. The standard InChI is InChI=1S/C13H22N2O2/c1-11(8-13-12(2)16-10-17-13)9-15(5)7-6-14(3)4/h8H,1-2,6-7,9-10H2,3-5H3/b13-8+. The summed E-state index contributed by atoms with van der Waals surface area (Å²) < 4.78 is 10.4. The second kappa shape index (κ2) is 6.47. The van der Waals surface area contributed by atoms with Gasteiger partial charge in [0, 0.05) is 19.6 Å². The minimum atomic E-state index is 0.258. The Morgan fingerprint density at radius 1 is 1.29 bits per heavy atom. The van der Waals surface area contributed by atoms with Crippen molar-refractivity contribution in [2.75, 3.05) is 47.6 Å². The zero-order chi connectivity index (χ0) is 12.8. The SMILES string of the molecule is C=C(/C=C1/OCOC1=C)CN(C)CCN(C)C. The second-order valence-corrected chi connectivity index (χ2v) is 4.54. The quantitative estimate of drug-likeness (QED) is 0.699. The molecule has 17 heavy (non-hydrogen) atoms. The summed E-state index contributed by atoms with van der Waals surface area (Å²) in [4.78, 5) is 4.38. The molecule has 4 nitrogen and oxygen atoms in total. The van der Waals surface area contributed by atoms with E-state index in [9.17, 15) is 0 Å². The lowest BCUT2D eigenvalue weighted by Gasteiger charge is -2.19. The van der Waals surface area contributed by atoms with Crippen LogP contribution in [-0.2, 0) is 9.47 Å². The Morgan fingerprint density at radius 2 is 2.00 bits per heavy atom. The van der Waals surface area contributed by atoms with Gasteiger partial charge in [-0.25, -0.2) is 0 Å². The fourth-order valence-electron chi connectivity index (χ4n) is 1.47. The maximum absolute atomic E-state index is 5.27. The molecule has 0 aromatic rings. The van der Waals surface area contributed by atoms with Crippen LogP contribution in [0.4, 0.5) is 0 Å². The van der Waals surface area contributed by atoms with Crippen molar-refractivity contribution in [3.05, 3.63) is 36.3 Å². The zero-order valence-electron chi connectivity index (χ0n) is 11.0. The predicted octanol–water partition coefficient (Wildman–Crippen LogP) is 1.44. The number of likely N-dealkylation sites (N-methyl/N-ethyl adjacent to an activating group) is 2. The zero-order valence-corrected chi connectivity index (χ0v) is 11.0. The van der Waals surface area contributed by atoms with E-state index in [0.29, 0.717) is 11.5 Å². The molecule has 0 N–H and O–H groups in total. The van der Waals surface area contributed by atoms with Crippen LogP contribution in [0.15, 0.2) is 36.3 Å². The number of ether oxygens (including phenoxy) is 2. The molecule has 0 aliphatic carbocycles. The molecule has 0 unspecified atom stereocenters. The highest BCUT2D eigenvalue weighted by atomic mass is 16.7.